The summed E-state index contributed by atoms with van der Waals surface area (Å²) in [6, 6.07) is 4.80. The number of pyridine rings is 1. The number of likely N-dealkylation sites (N-methyl/N-ethyl adjacent to an activating group) is 1. The van der Waals surface area contributed by atoms with Crippen LogP contribution in [0.25, 0.3) is 17.0 Å². The van der Waals surface area contributed by atoms with Crippen LogP contribution in [0.5, 0.6) is 5.75 Å². The first-order valence-corrected chi connectivity index (χ1v) is 10.1. The summed E-state index contributed by atoms with van der Waals surface area (Å²) in [7, 11) is 3.32. The molecule has 0 aliphatic rings. The molecule has 3 aromatic heterocycles. The van der Waals surface area contributed by atoms with E-state index < -0.39 is 11.9 Å². The fourth-order valence-electron chi connectivity index (χ4n) is 3.40. The third-order valence-corrected chi connectivity index (χ3v) is 4.87. The van der Waals surface area contributed by atoms with Crippen molar-refractivity contribution in [3.05, 3.63) is 35.4 Å². The van der Waals surface area contributed by atoms with Crippen LogP contribution in [-0.4, -0.2) is 51.4 Å². The Labute approximate surface area is 179 Å². The van der Waals surface area contributed by atoms with E-state index in [-0.39, 0.29) is 17.3 Å². The van der Waals surface area contributed by atoms with E-state index in [0.29, 0.717) is 35.1 Å². The van der Waals surface area contributed by atoms with E-state index in [1.807, 2.05) is 13.1 Å². The Morgan fingerprint density at radius 2 is 2.16 bits per heavy atom. The predicted molar refractivity (Wildman–Crippen MR) is 114 cm³/mol. The molecule has 0 fully saturated rings. The molecule has 0 spiro atoms. The lowest BCUT2D eigenvalue weighted by Crippen LogP contribution is -2.31. The third kappa shape index (κ3) is 4.57. The minimum atomic E-state index is -0.901. The Kier molecular flexibility index (Phi) is 6.99. The van der Waals surface area contributed by atoms with Crippen molar-refractivity contribution >= 4 is 11.5 Å². The van der Waals surface area contributed by atoms with Crippen molar-refractivity contribution in [2.45, 2.75) is 38.8 Å². The molecule has 0 aliphatic carbocycles. The van der Waals surface area contributed by atoms with Gasteiger partial charge in [0.25, 0.3) is 0 Å². The van der Waals surface area contributed by atoms with Gasteiger partial charge in [-0.25, -0.2) is 18.9 Å². The summed E-state index contributed by atoms with van der Waals surface area (Å²) in [6.45, 7) is 4.30. The zero-order valence-corrected chi connectivity index (χ0v) is 18.0. The molecule has 10 heteroatoms. The minimum absolute atomic E-state index is 0.00270. The fraction of sp³-hybridized carbons (Fsp3) is 0.429. The van der Waals surface area contributed by atoms with Gasteiger partial charge < -0.3 is 20.5 Å². The van der Waals surface area contributed by atoms with Crippen molar-refractivity contribution in [3.8, 4) is 23.2 Å². The van der Waals surface area contributed by atoms with Crippen LogP contribution in [0.1, 0.15) is 44.1 Å². The van der Waals surface area contributed by atoms with Crippen molar-refractivity contribution in [2.24, 2.45) is 0 Å². The molecule has 2 atom stereocenters. The van der Waals surface area contributed by atoms with Gasteiger partial charge in [-0.3, -0.25) is 0 Å². The highest BCUT2D eigenvalue weighted by Gasteiger charge is 2.21. The lowest BCUT2D eigenvalue weighted by Gasteiger charge is -2.19. The Balaban J connectivity index is 2.13. The van der Waals surface area contributed by atoms with Gasteiger partial charge in [0.2, 0.25) is 0 Å². The van der Waals surface area contributed by atoms with Gasteiger partial charge in [0.05, 0.1) is 25.0 Å². The highest BCUT2D eigenvalue weighted by Crippen LogP contribution is 2.29. The molecular weight excluding hydrogens is 401 g/mol. The quantitative estimate of drug-likeness (QED) is 0.477. The number of halogens is 1. The second-order valence-corrected chi connectivity index (χ2v) is 7.20. The highest BCUT2D eigenvalue weighted by atomic mass is 19.1. The van der Waals surface area contributed by atoms with E-state index in [1.165, 1.54) is 17.8 Å². The van der Waals surface area contributed by atoms with Crippen molar-refractivity contribution in [1.29, 1.82) is 5.26 Å². The molecule has 9 nitrogen and oxygen atoms in total. The summed E-state index contributed by atoms with van der Waals surface area (Å²) >= 11 is 0. The molecule has 0 saturated carbocycles. The average molecular weight is 427 g/mol. The molecular formula is C21H26FN7O2. The summed E-state index contributed by atoms with van der Waals surface area (Å²) < 4.78 is 21.6. The van der Waals surface area contributed by atoms with Crippen molar-refractivity contribution in [1.82, 2.24) is 24.9 Å². The van der Waals surface area contributed by atoms with Crippen LogP contribution in [0.2, 0.25) is 0 Å². The molecule has 3 rings (SSSR count). The van der Waals surface area contributed by atoms with Gasteiger partial charge in [-0.2, -0.15) is 10.4 Å². The van der Waals surface area contributed by atoms with Crippen LogP contribution < -0.4 is 15.4 Å². The van der Waals surface area contributed by atoms with Crippen LogP contribution >= 0.6 is 0 Å². The number of ether oxygens (including phenoxy) is 1. The predicted octanol–water partition coefficient (Wildman–Crippen LogP) is 2.66. The van der Waals surface area contributed by atoms with E-state index in [0.717, 1.165) is 18.9 Å². The normalized spacial score (nSPS) is 13.1. The smallest absolute Gasteiger partial charge is 0.157 e. The van der Waals surface area contributed by atoms with Crippen LogP contribution in [0.15, 0.2) is 18.3 Å². The largest absolute Gasteiger partial charge is 0.495 e. The number of anilines is 1. The number of nitrogens with zero attached hydrogens (tertiary/aromatic N) is 5. The molecule has 3 N–H and O–H groups in total. The van der Waals surface area contributed by atoms with Gasteiger partial charge in [0.1, 0.15) is 34.7 Å². The second-order valence-electron chi connectivity index (χ2n) is 7.20. The number of aliphatic hydroxyl groups excluding tert-OH is 1. The number of fused-ring (bicyclic) bond motifs is 1. The molecule has 31 heavy (non-hydrogen) atoms. The van der Waals surface area contributed by atoms with Gasteiger partial charge >= 0.3 is 0 Å². The molecule has 0 amide bonds. The standard InChI is InChI=1S/C21H26FN7O2/c1-5-6-14(10-24-3)26-21-13(9-23)7-15(22)20(27-21)16-11-25-18-8-17(31-4)19(12(2)30)28-29(16)18/h7-8,11-12,14,24,30H,5-6,10H2,1-4H3,(H,26,27). The molecule has 0 aromatic carbocycles. The SMILES string of the molecule is CCCC(CNC)Nc1nc(-c2cnc3cc(OC)c(C(C)O)nn23)c(F)cc1C#N. The molecule has 0 aliphatic heterocycles. The van der Waals surface area contributed by atoms with Gasteiger partial charge in [0, 0.05) is 18.7 Å². The molecule has 0 saturated heterocycles. The molecule has 0 bridgehead atoms. The molecule has 0 radical (unpaired) electrons. The average Bonchev–Trinajstić information content (AvgIpc) is 3.16. The first kappa shape index (κ1) is 22.4. The monoisotopic (exact) mass is 427 g/mol. The van der Waals surface area contributed by atoms with Gasteiger partial charge in [-0.1, -0.05) is 13.3 Å². The number of imidazole rings is 1. The van der Waals surface area contributed by atoms with Crippen LogP contribution in [-0.2, 0) is 0 Å². The van der Waals surface area contributed by atoms with Crippen molar-refractivity contribution in [2.75, 3.05) is 26.0 Å². The number of rotatable bonds is 9. The molecule has 3 heterocycles. The van der Waals surface area contributed by atoms with E-state index in [1.54, 1.807) is 13.0 Å². The van der Waals surface area contributed by atoms with Crippen molar-refractivity contribution < 1.29 is 14.2 Å². The number of aliphatic hydroxyl groups is 1. The van der Waals surface area contributed by atoms with Crippen LogP contribution in [0.3, 0.4) is 0 Å². The summed E-state index contributed by atoms with van der Waals surface area (Å²) in [5.41, 5.74) is 1.12. The zero-order valence-electron chi connectivity index (χ0n) is 18.0. The Morgan fingerprint density at radius 1 is 1.39 bits per heavy atom. The number of hydrogen-bond donors (Lipinski definition) is 3. The molecule has 164 valence electrons. The lowest BCUT2D eigenvalue weighted by atomic mass is 10.1. The summed E-state index contributed by atoms with van der Waals surface area (Å²) in [4.78, 5) is 8.70. The maximum Gasteiger partial charge on any atom is 0.157 e. The van der Waals surface area contributed by atoms with E-state index in [4.69, 9.17) is 4.74 Å². The van der Waals surface area contributed by atoms with Crippen LogP contribution in [0, 0.1) is 17.1 Å². The van der Waals surface area contributed by atoms with Crippen molar-refractivity contribution in [3.63, 3.8) is 0 Å². The van der Waals surface area contributed by atoms with Gasteiger partial charge in [-0.05, 0) is 26.5 Å². The highest BCUT2D eigenvalue weighted by molar-refractivity contribution is 5.66. The summed E-state index contributed by atoms with van der Waals surface area (Å²) in [5, 5.41) is 30.3. The minimum Gasteiger partial charge on any atom is -0.495 e. The Morgan fingerprint density at radius 3 is 2.77 bits per heavy atom. The zero-order chi connectivity index (χ0) is 22.5. The Bertz CT molecular complexity index is 1100. The van der Waals surface area contributed by atoms with E-state index in [2.05, 4.69) is 32.6 Å². The second kappa shape index (κ2) is 9.68. The van der Waals surface area contributed by atoms with Crippen LogP contribution in [0.4, 0.5) is 10.2 Å². The maximum absolute atomic E-state index is 14.9. The summed E-state index contributed by atoms with van der Waals surface area (Å²) in [5.74, 6) is 0.0114. The van der Waals surface area contributed by atoms with E-state index >= 15 is 0 Å². The first-order valence-electron chi connectivity index (χ1n) is 10.1. The maximum atomic E-state index is 14.9. The first-order chi connectivity index (χ1) is 14.9. The number of aromatic nitrogens is 4. The number of nitrogens with one attached hydrogen (secondary N) is 2. The van der Waals surface area contributed by atoms with Gasteiger partial charge in [-0.15, -0.1) is 0 Å². The molecule has 2 unspecified atom stereocenters. The van der Waals surface area contributed by atoms with Gasteiger partial charge in [0.15, 0.2) is 11.5 Å². The lowest BCUT2D eigenvalue weighted by molar-refractivity contribution is 0.187. The third-order valence-electron chi connectivity index (χ3n) is 4.87. The Hall–Kier alpha value is -3.29. The van der Waals surface area contributed by atoms with E-state index in [9.17, 15) is 14.8 Å². The number of nitriles is 1. The number of methoxy groups -OCH3 is 1. The molecule has 3 aromatic rings. The fourth-order valence-corrected chi connectivity index (χ4v) is 3.40. The topological polar surface area (TPSA) is 120 Å². The summed E-state index contributed by atoms with van der Waals surface area (Å²) in [6.07, 6.45) is 2.35. The number of hydrogen-bond acceptors (Lipinski definition) is 8.